The number of amides is 3. The Morgan fingerprint density at radius 3 is 2.62 bits per heavy atom. The molecule has 0 radical (unpaired) electrons. The summed E-state index contributed by atoms with van der Waals surface area (Å²) in [6.45, 7) is 6.09. The van der Waals surface area contributed by atoms with Gasteiger partial charge < -0.3 is 20.1 Å². The molecule has 0 spiro atoms. The van der Waals surface area contributed by atoms with Crippen molar-refractivity contribution in [2.24, 2.45) is 5.92 Å². The van der Waals surface area contributed by atoms with Crippen LogP contribution in [0.5, 0.6) is 11.5 Å². The lowest BCUT2D eigenvalue weighted by atomic mass is 10.1. The molecule has 1 aliphatic heterocycles. The van der Waals surface area contributed by atoms with Gasteiger partial charge in [-0.05, 0) is 69.6 Å². The minimum absolute atomic E-state index is 0.0386. The van der Waals surface area contributed by atoms with Crippen molar-refractivity contribution in [2.45, 2.75) is 114 Å². The van der Waals surface area contributed by atoms with E-state index in [9.17, 15) is 22.8 Å². The number of allylic oxidation sites excluding steroid dienone is 1. The molecule has 2 aromatic heterocycles. The van der Waals surface area contributed by atoms with Crippen LogP contribution < -0.4 is 24.8 Å². The SMILES string of the molecule is COc1ccc2c(OCC[C@@H]3NC(=O)CCCCCC=C[C@@H]4C[C@@]4(C(=O)NS(=O)(=O)C4CCCC4)NC3=O)cc(-n3ccc(C(C)C)n3)nc2c1C. The lowest BCUT2D eigenvalue weighted by molar-refractivity contribution is -0.132. The number of rotatable bonds is 10. The highest BCUT2D eigenvalue weighted by molar-refractivity contribution is 7.90. The van der Waals surface area contributed by atoms with Crippen molar-refractivity contribution in [3.63, 3.8) is 0 Å². The second kappa shape index (κ2) is 15.6. The smallest absolute Gasteiger partial charge is 0.259 e. The van der Waals surface area contributed by atoms with Crippen LogP contribution in [-0.2, 0) is 24.4 Å². The Hall–Kier alpha value is -4.46. The van der Waals surface area contributed by atoms with E-state index in [-0.39, 0.29) is 43.6 Å². The standard InChI is InChI=1S/C38H50N6O7S/c1-24(2)29-18-20-44(42-29)33-22-32(28-16-17-31(50-4)25(3)35(28)40-33)51-21-19-30-36(46)41-38(37(47)43-52(48,49)27-13-10-11-14-27)23-26(38)12-8-6-5-7-9-15-34(45)39-30/h8,12,16-18,20,22,24,26-27,30H,5-7,9-11,13-15,19,21,23H2,1-4H3,(H,39,45)(H,41,46)(H,43,47)/t26-,30+,38-/m1/s1. The van der Waals surface area contributed by atoms with Gasteiger partial charge in [0, 0.05) is 42.0 Å². The number of carbonyl (C=O) groups is 3. The Morgan fingerprint density at radius 1 is 1.10 bits per heavy atom. The molecule has 14 heteroatoms. The zero-order valence-electron chi connectivity index (χ0n) is 30.4. The average Bonchev–Trinajstić information content (AvgIpc) is 3.47. The molecular formula is C38H50N6O7S. The van der Waals surface area contributed by atoms with Crippen LogP contribution in [0, 0.1) is 12.8 Å². The summed E-state index contributed by atoms with van der Waals surface area (Å²) in [6, 6.07) is 6.42. The number of aromatic nitrogens is 3. The van der Waals surface area contributed by atoms with Gasteiger partial charge in [0.25, 0.3) is 5.91 Å². The van der Waals surface area contributed by atoms with Crippen LogP contribution in [0.25, 0.3) is 16.7 Å². The molecule has 2 saturated carbocycles. The van der Waals surface area contributed by atoms with Crippen molar-refractivity contribution in [3.8, 4) is 17.3 Å². The van der Waals surface area contributed by atoms with Crippen LogP contribution in [0.3, 0.4) is 0 Å². The summed E-state index contributed by atoms with van der Waals surface area (Å²) in [4.78, 5) is 45.7. The quantitative estimate of drug-likeness (QED) is 0.245. The predicted octanol–water partition coefficient (Wildman–Crippen LogP) is 4.90. The fourth-order valence-corrected chi connectivity index (χ4v) is 8.76. The van der Waals surface area contributed by atoms with Crippen molar-refractivity contribution in [2.75, 3.05) is 13.7 Å². The Labute approximate surface area is 305 Å². The summed E-state index contributed by atoms with van der Waals surface area (Å²) in [5, 5.41) is 10.6. The van der Waals surface area contributed by atoms with E-state index in [1.807, 2.05) is 43.5 Å². The predicted molar refractivity (Wildman–Crippen MR) is 197 cm³/mol. The average molecular weight is 735 g/mol. The molecule has 3 aromatic rings. The fourth-order valence-electron chi connectivity index (χ4n) is 7.20. The molecule has 3 N–H and O–H groups in total. The third kappa shape index (κ3) is 8.11. The summed E-state index contributed by atoms with van der Waals surface area (Å²) < 4.78 is 42.2. The normalized spacial score (nSPS) is 23.1. The third-order valence-corrected chi connectivity index (χ3v) is 12.3. The van der Waals surface area contributed by atoms with Gasteiger partial charge in [-0.15, -0.1) is 0 Å². The van der Waals surface area contributed by atoms with Crippen LogP contribution in [0.2, 0.25) is 0 Å². The van der Waals surface area contributed by atoms with Crippen molar-refractivity contribution in [1.82, 2.24) is 30.1 Å². The molecule has 0 bridgehead atoms. The molecule has 52 heavy (non-hydrogen) atoms. The van der Waals surface area contributed by atoms with Gasteiger partial charge in [-0.1, -0.05) is 45.3 Å². The van der Waals surface area contributed by atoms with Crippen LogP contribution in [0.15, 0.2) is 42.6 Å². The van der Waals surface area contributed by atoms with Crippen LogP contribution in [-0.4, -0.2) is 71.5 Å². The molecule has 3 amide bonds. The number of fused-ring (bicyclic) bond motifs is 2. The molecule has 3 atom stereocenters. The van der Waals surface area contributed by atoms with E-state index in [2.05, 4.69) is 29.2 Å². The Morgan fingerprint density at radius 2 is 1.88 bits per heavy atom. The van der Waals surface area contributed by atoms with E-state index < -0.39 is 38.7 Å². The highest BCUT2D eigenvalue weighted by Gasteiger charge is 2.61. The Bertz CT molecular complexity index is 1950. The van der Waals surface area contributed by atoms with Gasteiger partial charge in [0.2, 0.25) is 21.8 Å². The largest absolute Gasteiger partial charge is 0.496 e. The molecule has 6 rings (SSSR count). The zero-order valence-corrected chi connectivity index (χ0v) is 31.3. The van der Waals surface area contributed by atoms with Gasteiger partial charge in [-0.3, -0.25) is 19.1 Å². The minimum atomic E-state index is -3.90. The van der Waals surface area contributed by atoms with Crippen molar-refractivity contribution in [1.29, 1.82) is 0 Å². The topological polar surface area (TPSA) is 171 Å². The zero-order chi connectivity index (χ0) is 37.0. The summed E-state index contributed by atoms with van der Waals surface area (Å²) in [5.41, 5.74) is 0.981. The van der Waals surface area contributed by atoms with Crippen molar-refractivity contribution in [3.05, 3.63) is 53.9 Å². The summed E-state index contributed by atoms with van der Waals surface area (Å²) >= 11 is 0. The van der Waals surface area contributed by atoms with Crippen molar-refractivity contribution < 1.29 is 32.3 Å². The first-order chi connectivity index (χ1) is 24.9. The molecule has 2 aliphatic carbocycles. The maximum absolute atomic E-state index is 14.0. The molecule has 2 fully saturated rings. The van der Waals surface area contributed by atoms with Gasteiger partial charge in [-0.25, -0.2) is 18.1 Å². The van der Waals surface area contributed by atoms with Gasteiger partial charge >= 0.3 is 0 Å². The highest BCUT2D eigenvalue weighted by Crippen LogP contribution is 2.45. The summed E-state index contributed by atoms with van der Waals surface area (Å²) in [7, 11) is -2.30. The summed E-state index contributed by atoms with van der Waals surface area (Å²) in [6.07, 6.45) is 12.1. The highest BCUT2D eigenvalue weighted by atomic mass is 32.2. The lowest BCUT2D eigenvalue weighted by Crippen LogP contribution is -2.57. The fraction of sp³-hybridized carbons (Fsp3) is 0.553. The number of benzene rings is 1. The number of hydrogen-bond acceptors (Lipinski definition) is 9. The number of pyridine rings is 1. The van der Waals surface area contributed by atoms with E-state index in [4.69, 9.17) is 19.6 Å². The first-order valence-electron chi connectivity index (χ1n) is 18.4. The van der Waals surface area contributed by atoms with Crippen LogP contribution in [0.1, 0.15) is 102 Å². The van der Waals surface area contributed by atoms with Gasteiger partial charge in [-0.2, -0.15) is 5.10 Å². The molecule has 0 saturated heterocycles. The number of carbonyl (C=O) groups excluding carboxylic acids is 3. The number of hydrogen-bond donors (Lipinski definition) is 3. The second-order valence-electron chi connectivity index (χ2n) is 14.5. The Kier molecular flexibility index (Phi) is 11.2. The van der Waals surface area contributed by atoms with Crippen LogP contribution in [0.4, 0.5) is 0 Å². The van der Waals surface area contributed by atoms with Gasteiger partial charge in [0.05, 0.1) is 30.2 Å². The number of methoxy groups -OCH3 is 1. The molecule has 3 heterocycles. The molecule has 3 aliphatic rings. The lowest BCUT2D eigenvalue weighted by Gasteiger charge is -2.24. The van der Waals surface area contributed by atoms with E-state index >= 15 is 0 Å². The molecular weight excluding hydrogens is 685 g/mol. The van der Waals surface area contributed by atoms with E-state index in [0.29, 0.717) is 42.1 Å². The monoisotopic (exact) mass is 734 g/mol. The number of aryl methyl sites for hydroxylation is 1. The Balaban J connectivity index is 1.25. The van der Waals surface area contributed by atoms with E-state index in [1.165, 1.54) is 0 Å². The van der Waals surface area contributed by atoms with Crippen molar-refractivity contribution >= 4 is 38.6 Å². The van der Waals surface area contributed by atoms with Crippen LogP contribution >= 0.6 is 0 Å². The van der Waals surface area contributed by atoms with Gasteiger partial charge in [0.15, 0.2) is 5.82 Å². The number of nitrogens with one attached hydrogen (secondary N) is 3. The maximum atomic E-state index is 14.0. The first-order valence-corrected chi connectivity index (χ1v) is 20.0. The third-order valence-electron chi connectivity index (χ3n) is 10.5. The molecule has 280 valence electrons. The van der Waals surface area contributed by atoms with E-state index in [0.717, 1.165) is 48.7 Å². The summed E-state index contributed by atoms with van der Waals surface area (Å²) in [5.74, 6) is 0.00148. The molecule has 0 unspecified atom stereocenters. The van der Waals surface area contributed by atoms with Gasteiger partial charge in [0.1, 0.15) is 23.1 Å². The maximum Gasteiger partial charge on any atom is 0.259 e. The first kappa shape index (κ1) is 37.3. The van der Waals surface area contributed by atoms with E-state index in [1.54, 1.807) is 17.9 Å². The minimum Gasteiger partial charge on any atom is -0.496 e. The number of nitrogens with zero attached hydrogens (tertiary/aromatic N) is 3. The molecule has 13 nitrogen and oxygen atoms in total. The second-order valence-corrected chi connectivity index (χ2v) is 16.5. The number of sulfonamides is 1. The molecule has 1 aromatic carbocycles. The number of ether oxygens (including phenoxy) is 2.